The minimum absolute atomic E-state index is 0.0447. The minimum Gasteiger partial charge on any atom is -0.492 e. The van der Waals surface area contributed by atoms with Crippen molar-refractivity contribution in [3.63, 3.8) is 0 Å². The Kier molecular flexibility index (Phi) is 6.75. The highest BCUT2D eigenvalue weighted by atomic mass is 35.5. The van der Waals surface area contributed by atoms with E-state index in [1.165, 1.54) is 25.1 Å². The molecule has 0 aliphatic rings. The molecular formula is C13H20ClNO4S. The van der Waals surface area contributed by atoms with Gasteiger partial charge in [-0.2, -0.15) is 0 Å². The number of halogens is 1. The molecule has 5 nitrogen and oxygen atoms in total. The standard InChI is InChI=1S/C13H20ClNO4S/c1-3-4-7-19-13-8-11(5-6-12(13)14)20(17,18)15-9-10(2)16/h5-6,8,10,15-16H,3-4,7,9H2,1-2H3. The molecular weight excluding hydrogens is 302 g/mol. The molecule has 0 fully saturated rings. The number of hydrogen-bond acceptors (Lipinski definition) is 4. The summed E-state index contributed by atoms with van der Waals surface area (Å²) in [6.45, 7) is 3.98. The Labute approximate surface area is 125 Å². The summed E-state index contributed by atoms with van der Waals surface area (Å²) in [6.07, 6.45) is 1.09. The lowest BCUT2D eigenvalue weighted by Crippen LogP contribution is -2.30. The van der Waals surface area contributed by atoms with Gasteiger partial charge in [-0.15, -0.1) is 0 Å². The van der Waals surface area contributed by atoms with Crippen LogP contribution in [0.5, 0.6) is 5.75 Å². The lowest BCUT2D eigenvalue weighted by atomic mass is 10.3. The molecule has 0 spiro atoms. The molecule has 1 aromatic rings. The molecule has 0 aliphatic heterocycles. The molecule has 0 saturated heterocycles. The average molecular weight is 322 g/mol. The van der Waals surface area contributed by atoms with E-state index in [-0.39, 0.29) is 11.4 Å². The fourth-order valence-corrected chi connectivity index (χ4v) is 2.71. The monoisotopic (exact) mass is 321 g/mol. The molecule has 7 heteroatoms. The first kappa shape index (κ1) is 17.2. The van der Waals surface area contributed by atoms with E-state index >= 15 is 0 Å². The molecule has 2 N–H and O–H groups in total. The Bertz CT molecular complexity index is 531. The second kappa shape index (κ2) is 7.83. The van der Waals surface area contributed by atoms with E-state index < -0.39 is 16.1 Å². The molecule has 1 unspecified atom stereocenters. The van der Waals surface area contributed by atoms with Crippen molar-refractivity contribution in [3.8, 4) is 5.75 Å². The highest BCUT2D eigenvalue weighted by molar-refractivity contribution is 7.89. The maximum absolute atomic E-state index is 12.0. The Balaban J connectivity index is 2.87. The smallest absolute Gasteiger partial charge is 0.240 e. The predicted molar refractivity (Wildman–Crippen MR) is 78.7 cm³/mol. The summed E-state index contributed by atoms with van der Waals surface area (Å²) < 4.78 is 31.8. The number of aliphatic hydroxyl groups is 1. The summed E-state index contributed by atoms with van der Waals surface area (Å²) in [4.78, 5) is 0.0639. The van der Waals surface area contributed by atoms with Crippen molar-refractivity contribution in [2.75, 3.05) is 13.2 Å². The zero-order chi connectivity index (χ0) is 15.2. The van der Waals surface area contributed by atoms with Crippen LogP contribution < -0.4 is 9.46 Å². The fourth-order valence-electron chi connectivity index (χ4n) is 1.40. The van der Waals surface area contributed by atoms with Crippen molar-refractivity contribution in [2.24, 2.45) is 0 Å². The summed E-state index contributed by atoms with van der Waals surface area (Å²) in [5.74, 6) is 0.347. The SMILES string of the molecule is CCCCOc1cc(S(=O)(=O)NCC(C)O)ccc1Cl. The largest absolute Gasteiger partial charge is 0.492 e. The number of aliphatic hydroxyl groups excluding tert-OH is 1. The predicted octanol–water partition coefficient (Wildman–Crippen LogP) is 2.18. The Morgan fingerprint density at radius 2 is 2.15 bits per heavy atom. The normalized spacial score (nSPS) is 13.2. The van der Waals surface area contributed by atoms with Gasteiger partial charge in [-0.3, -0.25) is 0 Å². The third-order valence-electron chi connectivity index (χ3n) is 2.54. The molecule has 1 atom stereocenters. The van der Waals surface area contributed by atoms with Gasteiger partial charge < -0.3 is 9.84 Å². The van der Waals surface area contributed by atoms with Gasteiger partial charge in [0.1, 0.15) is 5.75 Å². The summed E-state index contributed by atoms with van der Waals surface area (Å²) in [5.41, 5.74) is 0. The summed E-state index contributed by atoms with van der Waals surface area (Å²) in [6, 6.07) is 4.28. The van der Waals surface area contributed by atoms with E-state index in [9.17, 15) is 8.42 Å². The van der Waals surface area contributed by atoms with Crippen molar-refractivity contribution in [2.45, 2.75) is 37.7 Å². The van der Waals surface area contributed by atoms with Crippen molar-refractivity contribution < 1.29 is 18.3 Å². The highest BCUT2D eigenvalue weighted by Crippen LogP contribution is 2.27. The van der Waals surface area contributed by atoms with Gasteiger partial charge in [0, 0.05) is 12.6 Å². The minimum atomic E-state index is -3.67. The van der Waals surface area contributed by atoms with Crippen LogP contribution in [0.2, 0.25) is 5.02 Å². The number of hydrogen-bond donors (Lipinski definition) is 2. The van der Waals surface area contributed by atoms with Crippen molar-refractivity contribution in [3.05, 3.63) is 23.2 Å². The van der Waals surface area contributed by atoms with Crippen LogP contribution in [0.25, 0.3) is 0 Å². The number of benzene rings is 1. The first-order chi connectivity index (χ1) is 9.36. The van der Waals surface area contributed by atoms with Crippen LogP contribution in [0.3, 0.4) is 0 Å². The van der Waals surface area contributed by atoms with Crippen LogP contribution in [0, 0.1) is 0 Å². The molecule has 114 valence electrons. The van der Waals surface area contributed by atoms with Crippen LogP contribution in [0.4, 0.5) is 0 Å². The van der Waals surface area contributed by atoms with Gasteiger partial charge in [0.25, 0.3) is 0 Å². The quantitative estimate of drug-likeness (QED) is 0.720. The van der Waals surface area contributed by atoms with E-state index in [0.717, 1.165) is 12.8 Å². The second-order valence-electron chi connectivity index (χ2n) is 4.50. The maximum atomic E-state index is 12.0. The van der Waals surface area contributed by atoms with Crippen LogP contribution in [-0.2, 0) is 10.0 Å². The third-order valence-corrected chi connectivity index (χ3v) is 4.27. The highest BCUT2D eigenvalue weighted by Gasteiger charge is 2.16. The van der Waals surface area contributed by atoms with Crippen molar-refractivity contribution in [1.29, 1.82) is 0 Å². The lowest BCUT2D eigenvalue weighted by molar-refractivity contribution is 0.198. The number of unbranched alkanes of at least 4 members (excludes halogenated alkanes) is 1. The van der Waals surface area contributed by atoms with Crippen molar-refractivity contribution in [1.82, 2.24) is 4.72 Å². The van der Waals surface area contributed by atoms with E-state index in [0.29, 0.717) is 17.4 Å². The zero-order valence-electron chi connectivity index (χ0n) is 11.6. The van der Waals surface area contributed by atoms with Crippen molar-refractivity contribution >= 4 is 21.6 Å². The molecule has 0 bridgehead atoms. The van der Waals surface area contributed by atoms with E-state index in [4.69, 9.17) is 21.4 Å². The van der Waals surface area contributed by atoms with E-state index in [1.54, 1.807) is 0 Å². The van der Waals surface area contributed by atoms with Crippen LogP contribution in [-0.4, -0.2) is 32.8 Å². The second-order valence-corrected chi connectivity index (χ2v) is 6.67. The van der Waals surface area contributed by atoms with Gasteiger partial charge in [0.15, 0.2) is 0 Å². The molecule has 0 aromatic heterocycles. The Morgan fingerprint density at radius 1 is 1.45 bits per heavy atom. The van der Waals surface area contributed by atoms with Gasteiger partial charge in [0.05, 0.1) is 22.6 Å². The third kappa shape index (κ3) is 5.28. The van der Waals surface area contributed by atoms with Gasteiger partial charge >= 0.3 is 0 Å². The first-order valence-electron chi connectivity index (χ1n) is 6.47. The first-order valence-corrected chi connectivity index (χ1v) is 8.33. The summed E-state index contributed by atoms with van der Waals surface area (Å²) in [5, 5.41) is 9.50. The topological polar surface area (TPSA) is 75.6 Å². The lowest BCUT2D eigenvalue weighted by Gasteiger charge is -2.11. The van der Waals surface area contributed by atoms with Gasteiger partial charge in [-0.1, -0.05) is 24.9 Å². The fraction of sp³-hybridized carbons (Fsp3) is 0.538. The molecule has 0 heterocycles. The van der Waals surface area contributed by atoms with Crippen LogP contribution in [0.15, 0.2) is 23.1 Å². The molecule has 0 saturated carbocycles. The molecule has 0 amide bonds. The number of ether oxygens (including phenoxy) is 1. The maximum Gasteiger partial charge on any atom is 0.240 e. The summed E-state index contributed by atoms with van der Waals surface area (Å²) >= 11 is 5.97. The Morgan fingerprint density at radius 3 is 2.75 bits per heavy atom. The Hall–Kier alpha value is -0.820. The summed E-state index contributed by atoms with van der Waals surface area (Å²) in [7, 11) is -3.67. The zero-order valence-corrected chi connectivity index (χ0v) is 13.2. The molecule has 1 rings (SSSR count). The molecule has 0 aliphatic carbocycles. The number of nitrogens with one attached hydrogen (secondary N) is 1. The number of sulfonamides is 1. The molecule has 0 radical (unpaired) electrons. The number of rotatable bonds is 8. The average Bonchev–Trinajstić information content (AvgIpc) is 2.39. The van der Waals surface area contributed by atoms with Crippen LogP contribution in [0.1, 0.15) is 26.7 Å². The van der Waals surface area contributed by atoms with Gasteiger partial charge in [-0.05, 0) is 25.5 Å². The molecule has 20 heavy (non-hydrogen) atoms. The van der Waals surface area contributed by atoms with Crippen LogP contribution >= 0.6 is 11.6 Å². The van der Waals surface area contributed by atoms with Gasteiger partial charge in [-0.25, -0.2) is 13.1 Å². The van der Waals surface area contributed by atoms with E-state index in [1.807, 2.05) is 6.92 Å². The molecule has 1 aromatic carbocycles. The van der Waals surface area contributed by atoms with E-state index in [2.05, 4.69) is 4.72 Å². The van der Waals surface area contributed by atoms with Gasteiger partial charge in [0.2, 0.25) is 10.0 Å².